The number of aromatic nitrogens is 2. The molecule has 3 rings (SSSR count). The molecule has 0 radical (unpaired) electrons. The lowest BCUT2D eigenvalue weighted by atomic mass is 10.1. The Labute approximate surface area is 113 Å². The van der Waals surface area contributed by atoms with Crippen molar-refractivity contribution < 1.29 is 0 Å². The Bertz CT molecular complexity index is 600. The highest BCUT2D eigenvalue weighted by Gasteiger charge is 2.19. The van der Waals surface area contributed by atoms with Crippen molar-refractivity contribution in [1.82, 2.24) is 9.78 Å². The second kappa shape index (κ2) is 4.61. The Morgan fingerprint density at radius 1 is 1.37 bits per heavy atom. The zero-order chi connectivity index (χ0) is 13.4. The van der Waals surface area contributed by atoms with Gasteiger partial charge in [-0.05, 0) is 42.5 Å². The van der Waals surface area contributed by atoms with Crippen LogP contribution in [0.5, 0.6) is 0 Å². The summed E-state index contributed by atoms with van der Waals surface area (Å²) < 4.78 is 1.86. The van der Waals surface area contributed by atoms with Gasteiger partial charge in [0.15, 0.2) is 0 Å². The summed E-state index contributed by atoms with van der Waals surface area (Å²) in [6.07, 6.45) is 6.19. The Hall–Kier alpha value is -1.97. The molecule has 4 nitrogen and oxygen atoms in total. The van der Waals surface area contributed by atoms with Crippen LogP contribution in [-0.4, -0.2) is 22.9 Å². The van der Waals surface area contributed by atoms with E-state index in [1.807, 2.05) is 17.9 Å². The van der Waals surface area contributed by atoms with E-state index < -0.39 is 0 Å². The van der Waals surface area contributed by atoms with Gasteiger partial charge in [-0.15, -0.1) is 0 Å². The van der Waals surface area contributed by atoms with Gasteiger partial charge < -0.3 is 10.6 Å². The Morgan fingerprint density at radius 2 is 2.21 bits per heavy atom. The SMILES string of the molecule is Cc1cc2c(cc1N)N(CCc1cnn(C)c1)CC2. The topological polar surface area (TPSA) is 47.1 Å². The predicted molar refractivity (Wildman–Crippen MR) is 78.4 cm³/mol. The van der Waals surface area contributed by atoms with Crippen molar-refractivity contribution in [3.05, 3.63) is 41.2 Å². The van der Waals surface area contributed by atoms with Crippen LogP contribution in [0, 0.1) is 6.92 Å². The van der Waals surface area contributed by atoms with E-state index in [1.165, 1.54) is 22.4 Å². The first-order valence-corrected chi connectivity index (χ1v) is 6.75. The largest absolute Gasteiger partial charge is 0.398 e. The smallest absolute Gasteiger partial charge is 0.0522 e. The molecule has 1 aliphatic heterocycles. The molecule has 0 atom stereocenters. The number of nitrogen functional groups attached to an aromatic ring is 1. The normalized spacial score (nSPS) is 13.9. The number of hydrogen-bond acceptors (Lipinski definition) is 3. The summed E-state index contributed by atoms with van der Waals surface area (Å²) in [7, 11) is 1.96. The van der Waals surface area contributed by atoms with Crippen molar-refractivity contribution in [1.29, 1.82) is 0 Å². The number of hydrogen-bond donors (Lipinski definition) is 1. The van der Waals surface area contributed by atoms with Crippen LogP contribution in [0.4, 0.5) is 11.4 Å². The molecule has 1 aromatic carbocycles. The third-order valence-corrected chi connectivity index (χ3v) is 3.89. The quantitative estimate of drug-likeness (QED) is 0.853. The van der Waals surface area contributed by atoms with Crippen molar-refractivity contribution in [3.63, 3.8) is 0 Å². The van der Waals surface area contributed by atoms with Crippen LogP contribution in [0.25, 0.3) is 0 Å². The standard InChI is InChI=1S/C15H20N4/c1-11-7-13-4-6-19(15(13)8-14(11)16)5-3-12-9-17-18(2)10-12/h7-10H,3-6,16H2,1-2H3. The summed E-state index contributed by atoms with van der Waals surface area (Å²) in [4.78, 5) is 2.43. The number of aryl methyl sites for hydroxylation is 2. The van der Waals surface area contributed by atoms with E-state index in [-0.39, 0.29) is 0 Å². The van der Waals surface area contributed by atoms with Crippen LogP contribution < -0.4 is 10.6 Å². The van der Waals surface area contributed by atoms with Gasteiger partial charge in [0.25, 0.3) is 0 Å². The molecular formula is C15H20N4. The average Bonchev–Trinajstić information content (AvgIpc) is 2.95. The number of anilines is 2. The molecule has 0 amide bonds. The molecule has 0 unspecified atom stereocenters. The van der Waals surface area contributed by atoms with Crippen LogP contribution in [0.3, 0.4) is 0 Å². The molecule has 2 heterocycles. The molecule has 0 bridgehead atoms. The molecule has 2 aromatic rings. The van der Waals surface area contributed by atoms with Gasteiger partial charge in [0.1, 0.15) is 0 Å². The highest BCUT2D eigenvalue weighted by Crippen LogP contribution is 2.31. The van der Waals surface area contributed by atoms with E-state index in [1.54, 1.807) is 0 Å². The van der Waals surface area contributed by atoms with E-state index in [9.17, 15) is 0 Å². The predicted octanol–water partition coefficient (Wildman–Crippen LogP) is 1.92. The Kier molecular flexibility index (Phi) is 2.93. The second-order valence-electron chi connectivity index (χ2n) is 5.35. The molecule has 0 saturated carbocycles. The van der Waals surface area contributed by atoms with E-state index in [2.05, 4.69) is 35.3 Å². The molecule has 19 heavy (non-hydrogen) atoms. The minimum absolute atomic E-state index is 0.895. The zero-order valence-electron chi connectivity index (χ0n) is 11.6. The Balaban J connectivity index is 1.74. The van der Waals surface area contributed by atoms with Gasteiger partial charge in [0, 0.05) is 37.7 Å². The molecule has 0 saturated heterocycles. The van der Waals surface area contributed by atoms with Gasteiger partial charge in [0.05, 0.1) is 6.20 Å². The minimum Gasteiger partial charge on any atom is -0.398 e. The zero-order valence-corrected chi connectivity index (χ0v) is 11.6. The molecule has 4 heteroatoms. The fourth-order valence-electron chi connectivity index (χ4n) is 2.74. The first kappa shape index (κ1) is 12.1. The summed E-state index contributed by atoms with van der Waals surface area (Å²) in [6, 6.07) is 4.36. The summed E-state index contributed by atoms with van der Waals surface area (Å²) in [5.41, 5.74) is 12.1. The number of nitrogens with zero attached hydrogens (tertiary/aromatic N) is 3. The lowest BCUT2D eigenvalue weighted by Gasteiger charge is -2.19. The Morgan fingerprint density at radius 3 is 2.95 bits per heavy atom. The van der Waals surface area contributed by atoms with Gasteiger partial charge in [-0.2, -0.15) is 5.10 Å². The second-order valence-corrected chi connectivity index (χ2v) is 5.35. The van der Waals surface area contributed by atoms with Gasteiger partial charge in [-0.1, -0.05) is 6.07 Å². The highest BCUT2D eigenvalue weighted by molar-refractivity contribution is 5.67. The maximum Gasteiger partial charge on any atom is 0.0522 e. The van der Waals surface area contributed by atoms with Crippen molar-refractivity contribution in [2.75, 3.05) is 23.7 Å². The van der Waals surface area contributed by atoms with Crippen LogP contribution in [0.1, 0.15) is 16.7 Å². The molecule has 100 valence electrons. The molecule has 1 aliphatic rings. The van der Waals surface area contributed by atoms with E-state index in [0.29, 0.717) is 0 Å². The number of rotatable bonds is 3. The maximum atomic E-state index is 6.03. The molecule has 0 aliphatic carbocycles. The average molecular weight is 256 g/mol. The van der Waals surface area contributed by atoms with Crippen molar-refractivity contribution >= 4 is 11.4 Å². The van der Waals surface area contributed by atoms with Crippen LogP contribution in [0.15, 0.2) is 24.5 Å². The third kappa shape index (κ3) is 2.30. The molecular weight excluding hydrogens is 236 g/mol. The van der Waals surface area contributed by atoms with Gasteiger partial charge in [-0.25, -0.2) is 0 Å². The summed E-state index contributed by atoms with van der Waals surface area (Å²) in [5, 5.41) is 4.21. The van der Waals surface area contributed by atoms with E-state index >= 15 is 0 Å². The fourth-order valence-corrected chi connectivity index (χ4v) is 2.74. The van der Waals surface area contributed by atoms with E-state index in [4.69, 9.17) is 5.73 Å². The van der Waals surface area contributed by atoms with Gasteiger partial charge in [0.2, 0.25) is 0 Å². The molecule has 1 aromatic heterocycles. The number of nitrogens with two attached hydrogens (primary N) is 1. The van der Waals surface area contributed by atoms with Crippen molar-refractivity contribution in [3.8, 4) is 0 Å². The van der Waals surface area contributed by atoms with Crippen LogP contribution in [-0.2, 0) is 19.9 Å². The number of fused-ring (bicyclic) bond motifs is 1. The van der Waals surface area contributed by atoms with Gasteiger partial charge >= 0.3 is 0 Å². The molecule has 0 spiro atoms. The third-order valence-electron chi connectivity index (χ3n) is 3.89. The molecule has 0 fully saturated rings. The summed E-state index contributed by atoms with van der Waals surface area (Å²) >= 11 is 0. The summed E-state index contributed by atoms with van der Waals surface area (Å²) in [5.74, 6) is 0. The van der Waals surface area contributed by atoms with Gasteiger partial charge in [-0.3, -0.25) is 4.68 Å². The summed E-state index contributed by atoms with van der Waals surface area (Å²) in [6.45, 7) is 4.20. The number of benzene rings is 1. The molecule has 2 N–H and O–H groups in total. The maximum absolute atomic E-state index is 6.03. The van der Waals surface area contributed by atoms with Crippen molar-refractivity contribution in [2.24, 2.45) is 7.05 Å². The minimum atomic E-state index is 0.895. The first-order chi connectivity index (χ1) is 9.13. The van der Waals surface area contributed by atoms with Crippen LogP contribution >= 0.6 is 0 Å². The fraction of sp³-hybridized carbons (Fsp3) is 0.400. The lowest BCUT2D eigenvalue weighted by Crippen LogP contribution is -2.23. The lowest BCUT2D eigenvalue weighted by molar-refractivity contribution is 0.765. The first-order valence-electron chi connectivity index (χ1n) is 6.75. The highest BCUT2D eigenvalue weighted by atomic mass is 15.2. The van der Waals surface area contributed by atoms with Crippen molar-refractivity contribution in [2.45, 2.75) is 19.8 Å². The van der Waals surface area contributed by atoms with E-state index in [0.717, 1.165) is 31.6 Å². The monoisotopic (exact) mass is 256 g/mol. The van der Waals surface area contributed by atoms with Crippen LogP contribution in [0.2, 0.25) is 0 Å².